The molecule has 0 bridgehead atoms. The van der Waals surface area contributed by atoms with Crippen molar-refractivity contribution in [3.8, 4) is 6.07 Å². The maximum atomic E-state index is 8.84. The summed E-state index contributed by atoms with van der Waals surface area (Å²) in [4.78, 5) is 4.52. The molecule has 0 saturated carbocycles. The zero-order valence-electron chi connectivity index (χ0n) is 11.3. The molecule has 0 unspecified atom stereocenters. The van der Waals surface area contributed by atoms with Gasteiger partial charge in [-0.15, -0.1) is 0 Å². The highest BCUT2D eigenvalue weighted by atomic mass is 35.5. The number of nitrogens with zero attached hydrogens (tertiary/aromatic N) is 3. The van der Waals surface area contributed by atoms with E-state index in [1.807, 2.05) is 42.5 Å². The van der Waals surface area contributed by atoms with E-state index in [2.05, 4.69) is 15.6 Å². The maximum absolute atomic E-state index is 8.84. The van der Waals surface area contributed by atoms with E-state index < -0.39 is 0 Å². The monoisotopic (exact) mass is 296 g/mol. The van der Waals surface area contributed by atoms with Gasteiger partial charge in [0, 0.05) is 11.6 Å². The molecule has 0 spiro atoms. The number of halogens is 1. The Hall–Kier alpha value is -2.35. The second-order valence-electron chi connectivity index (χ2n) is 4.76. The van der Waals surface area contributed by atoms with Crippen LogP contribution >= 0.6 is 11.6 Å². The molecule has 1 heterocycles. The zero-order chi connectivity index (χ0) is 14.8. The van der Waals surface area contributed by atoms with Crippen LogP contribution in [0.15, 0.2) is 42.5 Å². The average Bonchev–Trinajstić information content (AvgIpc) is 2.85. The highest BCUT2D eigenvalue weighted by Gasteiger charge is 2.10. The molecule has 0 amide bonds. The number of aromatic nitrogens is 2. The Morgan fingerprint density at radius 1 is 1.19 bits per heavy atom. The molecule has 3 aromatic rings. The van der Waals surface area contributed by atoms with Crippen LogP contribution in [0.25, 0.3) is 11.0 Å². The second-order valence-corrected chi connectivity index (χ2v) is 5.20. The summed E-state index contributed by atoms with van der Waals surface area (Å²) in [5, 5.41) is 9.50. The first-order chi connectivity index (χ1) is 10.2. The number of fused-ring (bicyclic) bond motifs is 1. The van der Waals surface area contributed by atoms with Crippen LogP contribution in [0.3, 0.4) is 0 Å². The summed E-state index contributed by atoms with van der Waals surface area (Å²) in [5.74, 6) is 0.816. The van der Waals surface area contributed by atoms with Gasteiger partial charge in [-0.3, -0.25) is 0 Å². The number of hydrogen-bond donors (Lipinski definition) is 1. The Kier molecular flexibility index (Phi) is 3.61. The lowest BCUT2D eigenvalue weighted by atomic mass is 10.1. The summed E-state index contributed by atoms with van der Waals surface area (Å²) >= 11 is 6.01. The third kappa shape index (κ3) is 2.62. The van der Waals surface area contributed by atoms with E-state index in [4.69, 9.17) is 22.6 Å². The van der Waals surface area contributed by atoms with Crippen molar-refractivity contribution < 1.29 is 0 Å². The van der Waals surface area contributed by atoms with Gasteiger partial charge in [0.2, 0.25) is 0 Å². The van der Waals surface area contributed by atoms with Gasteiger partial charge in [0.15, 0.2) is 0 Å². The summed E-state index contributed by atoms with van der Waals surface area (Å²) in [6.45, 7) is 1.03. The molecular formula is C16H13ClN4. The molecular weight excluding hydrogens is 284 g/mol. The van der Waals surface area contributed by atoms with E-state index in [1.54, 1.807) is 0 Å². The number of rotatable bonds is 3. The van der Waals surface area contributed by atoms with Crippen LogP contribution in [0.2, 0.25) is 5.02 Å². The first-order valence-electron chi connectivity index (χ1n) is 6.55. The smallest absolute Gasteiger partial charge is 0.123 e. The molecule has 21 heavy (non-hydrogen) atoms. The van der Waals surface area contributed by atoms with Crippen LogP contribution in [-0.4, -0.2) is 9.55 Å². The van der Waals surface area contributed by atoms with Gasteiger partial charge in [0.1, 0.15) is 5.82 Å². The lowest BCUT2D eigenvalue weighted by Gasteiger charge is -2.08. The van der Waals surface area contributed by atoms with Crippen molar-refractivity contribution in [2.75, 3.05) is 0 Å². The normalized spacial score (nSPS) is 10.7. The third-order valence-corrected chi connectivity index (χ3v) is 3.63. The van der Waals surface area contributed by atoms with Gasteiger partial charge in [0.25, 0.3) is 0 Å². The standard InChI is InChI=1S/C16H13ClN4/c17-13-5-6-15-14(7-13)20-16(9-19)21(15)10-12-3-1-11(8-18)2-4-12/h1-7H,9-10,19H2. The highest BCUT2D eigenvalue weighted by molar-refractivity contribution is 6.31. The summed E-state index contributed by atoms with van der Waals surface area (Å²) in [6.07, 6.45) is 0. The maximum Gasteiger partial charge on any atom is 0.123 e. The summed E-state index contributed by atoms with van der Waals surface area (Å²) in [6, 6.07) is 15.3. The number of benzene rings is 2. The topological polar surface area (TPSA) is 67.6 Å². The van der Waals surface area contributed by atoms with Crippen LogP contribution in [-0.2, 0) is 13.1 Å². The molecule has 0 fully saturated rings. The quantitative estimate of drug-likeness (QED) is 0.807. The van der Waals surface area contributed by atoms with Crippen LogP contribution < -0.4 is 5.73 Å². The van der Waals surface area contributed by atoms with Crippen molar-refractivity contribution in [3.63, 3.8) is 0 Å². The Bertz CT molecular complexity index is 828. The van der Waals surface area contributed by atoms with Crippen LogP contribution in [0, 0.1) is 11.3 Å². The summed E-state index contributed by atoms with van der Waals surface area (Å²) < 4.78 is 2.08. The van der Waals surface area contributed by atoms with E-state index in [-0.39, 0.29) is 0 Å². The fourth-order valence-electron chi connectivity index (χ4n) is 2.35. The number of nitrogens with two attached hydrogens (primary N) is 1. The van der Waals surface area contributed by atoms with E-state index in [0.717, 1.165) is 22.4 Å². The van der Waals surface area contributed by atoms with Crippen LogP contribution in [0.1, 0.15) is 17.0 Å². The Balaban J connectivity index is 2.04. The number of imidazole rings is 1. The molecule has 5 heteroatoms. The van der Waals surface area contributed by atoms with Crippen molar-refractivity contribution in [3.05, 3.63) is 64.4 Å². The molecule has 2 aromatic carbocycles. The van der Waals surface area contributed by atoms with Crippen molar-refractivity contribution >= 4 is 22.6 Å². The van der Waals surface area contributed by atoms with E-state index >= 15 is 0 Å². The lowest BCUT2D eigenvalue weighted by molar-refractivity contribution is 0.744. The van der Waals surface area contributed by atoms with Crippen molar-refractivity contribution in [2.45, 2.75) is 13.1 Å². The Labute approximate surface area is 127 Å². The largest absolute Gasteiger partial charge is 0.324 e. The van der Waals surface area contributed by atoms with Crippen molar-refractivity contribution in [1.29, 1.82) is 5.26 Å². The minimum Gasteiger partial charge on any atom is -0.324 e. The minimum atomic E-state index is 0.364. The molecule has 0 saturated heterocycles. The molecule has 0 aliphatic carbocycles. The van der Waals surface area contributed by atoms with Crippen molar-refractivity contribution in [2.24, 2.45) is 5.73 Å². The molecule has 3 rings (SSSR count). The zero-order valence-corrected chi connectivity index (χ0v) is 12.0. The molecule has 104 valence electrons. The van der Waals surface area contributed by atoms with Gasteiger partial charge in [-0.25, -0.2) is 4.98 Å². The van der Waals surface area contributed by atoms with Crippen LogP contribution in [0.4, 0.5) is 0 Å². The molecule has 4 nitrogen and oxygen atoms in total. The molecule has 2 N–H and O–H groups in total. The molecule has 0 aliphatic heterocycles. The lowest BCUT2D eigenvalue weighted by Crippen LogP contribution is -2.09. The second kappa shape index (κ2) is 5.57. The van der Waals surface area contributed by atoms with E-state index in [0.29, 0.717) is 23.7 Å². The van der Waals surface area contributed by atoms with Crippen molar-refractivity contribution in [1.82, 2.24) is 9.55 Å². The van der Waals surface area contributed by atoms with E-state index in [1.165, 1.54) is 0 Å². The molecule has 1 aromatic heterocycles. The first kappa shape index (κ1) is 13.6. The highest BCUT2D eigenvalue weighted by Crippen LogP contribution is 2.21. The fraction of sp³-hybridized carbons (Fsp3) is 0.125. The van der Waals surface area contributed by atoms with Gasteiger partial charge < -0.3 is 10.3 Å². The van der Waals surface area contributed by atoms with Gasteiger partial charge in [-0.2, -0.15) is 5.26 Å². The SMILES string of the molecule is N#Cc1ccc(Cn2c(CN)nc3cc(Cl)ccc32)cc1. The molecule has 0 radical (unpaired) electrons. The minimum absolute atomic E-state index is 0.364. The molecule has 0 aliphatic rings. The van der Waals surface area contributed by atoms with Crippen LogP contribution in [0.5, 0.6) is 0 Å². The third-order valence-electron chi connectivity index (χ3n) is 3.40. The summed E-state index contributed by atoms with van der Waals surface area (Å²) in [7, 11) is 0. The van der Waals surface area contributed by atoms with Gasteiger partial charge in [-0.1, -0.05) is 23.7 Å². The predicted molar refractivity (Wildman–Crippen MR) is 82.9 cm³/mol. The van der Waals surface area contributed by atoms with Gasteiger partial charge in [0.05, 0.1) is 29.2 Å². The molecule has 0 atom stereocenters. The van der Waals surface area contributed by atoms with Gasteiger partial charge in [-0.05, 0) is 35.9 Å². The number of hydrogen-bond acceptors (Lipinski definition) is 3. The van der Waals surface area contributed by atoms with E-state index in [9.17, 15) is 0 Å². The fourth-order valence-corrected chi connectivity index (χ4v) is 2.52. The van der Waals surface area contributed by atoms with Gasteiger partial charge >= 0.3 is 0 Å². The predicted octanol–water partition coefficient (Wildman–Crippen LogP) is 3.07. The number of nitriles is 1. The Morgan fingerprint density at radius 2 is 1.95 bits per heavy atom. The first-order valence-corrected chi connectivity index (χ1v) is 6.93. The average molecular weight is 297 g/mol. The Morgan fingerprint density at radius 3 is 2.62 bits per heavy atom. The summed E-state index contributed by atoms with van der Waals surface area (Å²) in [5.41, 5.74) is 9.39.